The largest absolute Gasteiger partial charge is 0.354 e. The smallest absolute Gasteiger partial charge is 0.244 e. The Morgan fingerprint density at radius 2 is 1.51 bits per heavy atom. The van der Waals surface area contributed by atoms with Gasteiger partial charge >= 0.3 is 0 Å². The SMILES string of the molecule is CCC(C(=O)NCC(C)C)N(Cc1ccccc1C)C(=O)CN(c1c(C)cccc1C)S(C)(=O)=O. The van der Waals surface area contributed by atoms with E-state index >= 15 is 0 Å². The number of para-hydroxylation sites is 1. The lowest BCUT2D eigenvalue weighted by Gasteiger charge is -2.34. The summed E-state index contributed by atoms with van der Waals surface area (Å²) in [5.41, 5.74) is 3.92. The van der Waals surface area contributed by atoms with Gasteiger partial charge in [0.25, 0.3) is 0 Å². The quantitative estimate of drug-likeness (QED) is 0.505. The van der Waals surface area contributed by atoms with Gasteiger partial charge in [0, 0.05) is 13.1 Å². The standard InChI is InChI=1S/C27H39N3O4S/c1-8-24(27(32)28-16-19(2)3)29(17-23-15-10-9-12-20(23)4)25(31)18-30(35(7,33)34)26-21(5)13-11-14-22(26)6/h9-15,19,24H,8,16-18H2,1-7H3,(H,28,32). The fourth-order valence-corrected chi connectivity index (χ4v) is 5.05. The number of carbonyl (C=O) groups is 2. The van der Waals surface area contributed by atoms with E-state index in [1.165, 1.54) is 4.90 Å². The van der Waals surface area contributed by atoms with Gasteiger partial charge in [-0.15, -0.1) is 0 Å². The van der Waals surface area contributed by atoms with Crippen LogP contribution in [-0.4, -0.2) is 50.5 Å². The summed E-state index contributed by atoms with van der Waals surface area (Å²) >= 11 is 0. The Balaban J connectivity index is 2.49. The highest BCUT2D eigenvalue weighted by Crippen LogP contribution is 2.27. The van der Waals surface area contributed by atoms with E-state index in [-0.39, 0.29) is 24.9 Å². The Labute approximate surface area is 210 Å². The maximum absolute atomic E-state index is 13.8. The molecular formula is C27H39N3O4S. The van der Waals surface area contributed by atoms with E-state index in [0.29, 0.717) is 18.7 Å². The Morgan fingerprint density at radius 3 is 2.03 bits per heavy atom. The Morgan fingerprint density at radius 1 is 0.943 bits per heavy atom. The van der Waals surface area contributed by atoms with Crippen LogP contribution in [0.25, 0.3) is 0 Å². The Bertz CT molecular complexity index is 1120. The zero-order valence-corrected chi connectivity index (χ0v) is 22.8. The minimum absolute atomic E-state index is 0.212. The van der Waals surface area contributed by atoms with E-state index in [9.17, 15) is 18.0 Å². The first-order valence-electron chi connectivity index (χ1n) is 12.0. The van der Waals surface area contributed by atoms with Crippen molar-refractivity contribution in [3.05, 3.63) is 64.7 Å². The minimum Gasteiger partial charge on any atom is -0.354 e. The number of nitrogens with zero attached hydrogens (tertiary/aromatic N) is 2. The molecule has 0 saturated carbocycles. The topological polar surface area (TPSA) is 86.8 Å². The molecule has 0 saturated heterocycles. The van der Waals surface area contributed by atoms with Gasteiger partial charge in [-0.1, -0.05) is 63.2 Å². The number of hydrogen-bond acceptors (Lipinski definition) is 4. The summed E-state index contributed by atoms with van der Waals surface area (Å²) in [7, 11) is -3.76. The van der Waals surface area contributed by atoms with Gasteiger partial charge in [-0.05, 0) is 55.4 Å². The highest BCUT2D eigenvalue weighted by molar-refractivity contribution is 7.92. The first-order chi connectivity index (χ1) is 16.4. The van der Waals surface area contributed by atoms with Crippen molar-refractivity contribution < 1.29 is 18.0 Å². The molecule has 2 amide bonds. The van der Waals surface area contributed by atoms with Crippen LogP contribution in [0.3, 0.4) is 0 Å². The summed E-state index contributed by atoms with van der Waals surface area (Å²) < 4.78 is 26.8. The number of amides is 2. The number of carbonyl (C=O) groups excluding carboxylic acids is 2. The molecule has 0 aromatic heterocycles. The highest BCUT2D eigenvalue weighted by Gasteiger charge is 2.32. The molecule has 8 heteroatoms. The second kappa shape index (κ2) is 12.2. The second-order valence-corrected chi connectivity index (χ2v) is 11.4. The fourth-order valence-electron chi connectivity index (χ4n) is 4.09. The van der Waals surface area contributed by atoms with Gasteiger partial charge in [-0.3, -0.25) is 13.9 Å². The molecule has 2 aromatic rings. The summed E-state index contributed by atoms with van der Waals surface area (Å²) in [5, 5.41) is 2.94. The molecule has 0 aliphatic carbocycles. The molecule has 0 bridgehead atoms. The third kappa shape index (κ3) is 7.56. The summed E-state index contributed by atoms with van der Waals surface area (Å²) in [5.74, 6) is -0.393. The van der Waals surface area contributed by atoms with Crippen molar-refractivity contribution in [1.82, 2.24) is 10.2 Å². The van der Waals surface area contributed by atoms with Crippen LogP contribution in [0, 0.1) is 26.7 Å². The minimum atomic E-state index is -3.76. The second-order valence-electron chi connectivity index (χ2n) is 9.52. The maximum atomic E-state index is 13.8. The molecule has 1 unspecified atom stereocenters. The van der Waals surface area contributed by atoms with Crippen LogP contribution < -0.4 is 9.62 Å². The van der Waals surface area contributed by atoms with Crippen LogP contribution in [0.15, 0.2) is 42.5 Å². The summed E-state index contributed by atoms with van der Waals surface area (Å²) in [6, 6.07) is 12.5. The molecular weight excluding hydrogens is 462 g/mol. The van der Waals surface area contributed by atoms with Crippen LogP contribution in [0.2, 0.25) is 0 Å². The van der Waals surface area contributed by atoms with E-state index in [0.717, 1.165) is 32.8 Å². The average molecular weight is 502 g/mol. The Hall–Kier alpha value is -2.87. The van der Waals surface area contributed by atoms with E-state index < -0.39 is 22.0 Å². The maximum Gasteiger partial charge on any atom is 0.244 e. The summed E-state index contributed by atoms with van der Waals surface area (Å²) in [6.07, 6.45) is 1.51. The van der Waals surface area contributed by atoms with Crippen molar-refractivity contribution in [3.63, 3.8) is 0 Å². The predicted octanol–water partition coefficient (Wildman–Crippen LogP) is 3.96. The Kier molecular flexibility index (Phi) is 9.89. The van der Waals surface area contributed by atoms with Crippen LogP contribution in [-0.2, 0) is 26.2 Å². The molecule has 2 rings (SSSR count). The molecule has 0 radical (unpaired) electrons. The molecule has 7 nitrogen and oxygen atoms in total. The molecule has 0 spiro atoms. The first-order valence-corrected chi connectivity index (χ1v) is 13.9. The van der Waals surface area contributed by atoms with Crippen molar-refractivity contribution in [2.75, 3.05) is 23.7 Å². The molecule has 1 N–H and O–H groups in total. The number of benzene rings is 2. The number of sulfonamides is 1. The fraction of sp³-hybridized carbons (Fsp3) is 0.481. The molecule has 0 fully saturated rings. The summed E-state index contributed by atoms with van der Waals surface area (Å²) in [4.78, 5) is 28.4. The van der Waals surface area contributed by atoms with Crippen LogP contribution in [0.4, 0.5) is 5.69 Å². The third-order valence-corrected chi connectivity index (χ3v) is 7.15. The number of hydrogen-bond donors (Lipinski definition) is 1. The monoisotopic (exact) mass is 501 g/mol. The number of rotatable bonds is 11. The van der Waals surface area contributed by atoms with Crippen LogP contribution in [0.1, 0.15) is 49.4 Å². The lowest BCUT2D eigenvalue weighted by molar-refractivity contribution is -0.140. The van der Waals surface area contributed by atoms with Crippen LogP contribution in [0.5, 0.6) is 0 Å². The van der Waals surface area contributed by atoms with E-state index in [1.54, 1.807) is 0 Å². The molecule has 1 atom stereocenters. The van der Waals surface area contributed by atoms with E-state index in [1.807, 2.05) is 84.0 Å². The highest BCUT2D eigenvalue weighted by atomic mass is 32.2. The molecule has 0 aliphatic rings. The van der Waals surface area contributed by atoms with E-state index in [2.05, 4.69) is 5.32 Å². The van der Waals surface area contributed by atoms with Crippen molar-refractivity contribution in [3.8, 4) is 0 Å². The average Bonchev–Trinajstić information content (AvgIpc) is 2.77. The van der Waals surface area contributed by atoms with Gasteiger partial charge in [-0.25, -0.2) is 8.42 Å². The summed E-state index contributed by atoms with van der Waals surface area (Å²) in [6.45, 7) is 11.8. The zero-order valence-electron chi connectivity index (χ0n) is 22.0. The van der Waals surface area contributed by atoms with Crippen molar-refractivity contribution in [1.29, 1.82) is 0 Å². The van der Waals surface area contributed by atoms with Crippen molar-refractivity contribution in [2.24, 2.45) is 5.92 Å². The van der Waals surface area contributed by atoms with Gasteiger partial charge in [-0.2, -0.15) is 0 Å². The molecule has 192 valence electrons. The van der Waals surface area contributed by atoms with Crippen molar-refractivity contribution in [2.45, 2.75) is 60.5 Å². The molecule has 0 heterocycles. The molecule has 35 heavy (non-hydrogen) atoms. The van der Waals surface area contributed by atoms with Gasteiger partial charge < -0.3 is 10.2 Å². The van der Waals surface area contributed by atoms with Gasteiger partial charge in [0.05, 0.1) is 11.9 Å². The van der Waals surface area contributed by atoms with Crippen LogP contribution >= 0.6 is 0 Å². The van der Waals surface area contributed by atoms with Crippen molar-refractivity contribution >= 4 is 27.5 Å². The van der Waals surface area contributed by atoms with E-state index in [4.69, 9.17) is 0 Å². The third-order valence-electron chi connectivity index (χ3n) is 6.04. The normalized spacial score (nSPS) is 12.3. The first kappa shape index (κ1) is 28.4. The molecule has 2 aromatic carbocycles. The zero-order chi connectivity index (χ0) is 26.3. The lowest BCUT2D eigenvalue weighted by Crippen LogP contribution is -2.52. The molecule has 0 aliphatic heterocycles. The van der Waals surface area contributed by atoms with Gasteiger partial charge in [0.2, 0.25) is 21.8 Å². The predicted molar refractivity (Wildman–Crippen MR) is 142 cm³/mol. The number of anilines is 1. The van der Waals surface area contributed by atoms with Gasteiger partial charge in [0.1, 0.15) is 12.6 Å². The lowest BCUT2D eigenvalue weighted by atomic mass is 10.1. The number of nitrogens with one attached hydrogen (secondary N) is 1. The van der Waals surface area contributed by atoms with Gasteiger partial charge in [0.15, 0.2) is 0 Å². The number of aryl methyl sites for hydroxylation is 3.